The van der Waals surface area contributed by atoms with Gasteiger partial charge in [0, 0.05) is 7.11 Å². The van der Waals surface area contributed by atoms with Gasteiger partial charge >= 0.3 is 5.35 Å². The molecule has 1 aromatic heterocycles. The predicted molar refractivity (Wildman–Crippen MR) is 51.3 cm³/mol. The van der Waals surface area contributed by atoms with E-state index < -0.39 is 0 Å². The average molecular weight is 217 g/mol. The van der Waals surface area contributed by atoms with Crippen LogP contribution in [0, 0.1) is 0 Å². The Labute approximate surface area is 87.6 Å². The molecule has 0 saturated heterocycles. The molecule has 0 spiro atoms. The lowest BCUT2D eigenvalue weighted by Gasteiger charge is -2.23. The number of hydrogen-bond donors (Lipinski definition) is 0. The highest BCUT2D eigenvalue weighted by molar-refractivity contribution is 6.27. The lowest BCUT2D eigenvalue weighted by Crippen LogP contribution is -2.29. The summed E-state index contributed by atoms with van der Waals surface area (Å²) in [6.45, 7) is 0.642. The lowest BCUT2D eigenvalue weighted by atomic mass is 9.86. The molecule has 0 radical (unpaired) electrons. The van der Waals surface area contributed by atoms with E-state index in [1.54, 1.807) is 7.11 Å². The van der Waals surface area contributed by atoms with E-state index in [0.717, 1.165) is 12.8 Å². The number of aromatic nitrogens is 2. The van der Waals surface area contributed by atoms with E-state index >= 15 is 0 Å². The van der Waals surface area contributed by atoms with Gasteiger partial charge in [0.25, 0.3) is 0 Å². The maximum atomic E-state index is 5.62. The molecule has 0 unspecified atom stereocenters. The third-order valence-corrected chi connectivity index (χ3v) is 3.01. The highest BCUT2D eigenvalue weighted by atomic mass is 35.5. The summed E-state index contributed by atoms with van der Waals surface area (Å²) < 4.78 is 10.0. The maximum Gasteiger partial charge on any atom is 0.320 e. The number of nitrogens with zero attached hydrogens (tertiary/aromatic N) is 2. The fourth-order valence-electron chi connectivity index (χ4n) is 2.18. The minimum atomic E-state index is -0.0641. The molecule has 0 amide bonds. The Balaban J connectivity index is 2.26. The van der Waals surface area contributed by atoms with Gasteiger partial charge in [0.1, 0.15) is 0 Å². The van der Waals surface area contributed by atoms with Crippen LogP contribution in [0.1, 0.15) is 31.5 Å². The SMILES string of the molecule is COCC1(c2noc(Cl)n2)CCCC1. The molecule has 1 aliphatic carbocycles. The van der Waals surface area contributed by atoms with Gasteiger partial charge in [-0.05, 0) is 24.4 Å². The van der Waals surface area contributed by atoms with E-state index in [1.807, 2.05) is 0 Å². The number of rotatable bonds is 3. The topological polar surface area (TPSA) is 48.2 Å². The van der Waals surface area contributed by atoms with Crippen LogP contribution in [0.2, 0.25) is 5.35 Å². The molecule has 0 aliphatic heterocycles. The summed E-state index contributed by atoms with van der Waals surface area (Å²) in [4.78, 5) is 4.09. The van der Waals surface area contributed by atoms with Crippen LogP contribution in [0.5, 0.6) is 0 Å². The van der Waals surface area contributed by atoms with Gasteiger partial charge in [-0.1, -0.05) is 18.0 Å². The molecule has 1 aromatic rings. The van der Waals surface area contributed by atoms with Crippen LogP contribution in [0.25, 0.3) is 0 Å². The van der Waals surface area contributed by atoms with E-state index in [1.165, 1.54) is 12.8 Å². The van der Waals surface area contributed by atoms with Gasteiger partial charge in [0.15, 0.2) is 5.82 Å². The van der Waals surface area contributed by atoms with E-state index in [0.29, 0.717) is 12.4 Å². The third-order valence-electron chi connectivity index (χ3n) is 2.86. The first-order valence-electron chi connectivity index (χ1n) is 4.75. The first kappa shape index (κ1) is 9.93. The van der Waals surface area contributed by atoms with Gasteiger partial charge in [0.2, 0.25) is 0 Å². The first-order chi connectivity index (χ1) is 6.77. The van der Waals surface area contributed by atoms with Crippen molar-refractivity contribution in [1.82, 2.24) is 10.1 Å². The van der Waals surface area contributed by atoms with Gasteiger partial charge in [0.05, 0.1) is 12.0 Å². The fourth-order valence-corrected chi connectivity index (χ4v) is 2.30. The number of methoxy groups -OCH3 is 1. The maximum absolute atomic E-state index is 5.62. The second-order valence-electron chi connectivity index (χ2n) is 3.79. The second-order valence-corrected chi connectivity index (χ2v) is 4.11. The highest BCUT2D eigenvalue weighted by Crippen LogP contribution is 2.40. The van der Waals surface area contributed by atoms with Gasteiger partial charge in [-0.2, -0.15) is 4.98 Å². The highest BCUT2D eigenvalue weighted by Gasteiger charge is 2.39. The Hall–Kier alpha value is -0.610. The van der Waals surface area contributed by atoms with Crippen LogP contribution >= 0.6 is 11.6 Å². The molecule has 1 aliphatic rings. The van der Waals surface area contributed by atoms with Crippen molar-refractivity contribution >= 4 is 11.6 Å². The molecule has 5 heteroatoms. The number of hydrogen-bond acceptors (Lipinski definition) is 4. The fraction of sp³-hybridized carbons (Fsp3) is 0.778. The Kier molecular flexibility index (Phi) is 2.74. The summed E-state index contributed by atoms with van der Waals surface area (Å²) in [6, 6.07) is 0. The number of halogens is 1. The summed E-state index contributed by atoms with van der Waals surface area (Å²) in [5.74, 6) is 0.696. The number of ether oxygens (including phenoxy) is 1. The lowest BCUT2D eigenvalue weighted by molar-refractivity contribution is 0.125. The Morgan fingerprint density at radius 2 is 2.21 bits per heavy atom. The zero-order valence-electron chi connectivity index (χ0n) is 8.12. The van der Waals surface area contributed by atoms with E-state index in [9.17, 15) is 0 Å². The molecule has 0 N–H and O–H groups in total. The summed E-state index contributed by atoms with van der Waals surface area (Å²) in [6.07, 6.45) is 4.48. The van der Waals surface area contributed by atoms with Crippen molar-refractivity contribution in [2.45, 2.75) is 31.1 Å². The molecular formula is C9H13ClN2O2. The van der Waals surface area contributed by atoms with E-state index in [4.69, 9.17) is 20.9 Å². The summed E-state index contributed by atoms with van der Waals surface area (Å²) in [5, 5.41) is 4.00. The van der Waals surface area contributed by atoms with Crippen LogP contribution in [-0.2, 0) is 10.2 Å². The van der Waals surface area contributed by atoms with Gasteiger partial charge in [-0.3, -0.25) is 0 Å². The Bertz CT molecular complexity index is 308. The quantitative estimate of drug-likeness (QED) is 0.777. The zero-order valence-corrected chi connectivity index (χ0v) is 8.88. The van der Waals surface area contributed by atoms with Crippen LogP contribution in [0.3, 0.4) is 0 Å². The van der Waals surface area contributed by atoms with Gasteiger partial charge in [-0.15, -0.1) is 0 Å². The predicted octanol–water partition coefficient (Wildman–Crippen LogP) is 2.18. The Morgan fingerprint density at radius 3 is 2.71 bits per heavy atom. The molecule has 1 fully saturated rings. The molecule has 0 atom stereocenters. The van der Waals surface area contributed by atoms with Gasteiger partial charge < -0.3 is 9.26 Å². The van der Waals surface area contributed by atoms with Gasteiger partial charge in [-0.25, -0.2) is 0 Å². The van der Waals surface area contributed by atoms with Crippen molar-refractivity contribution < 1.29 is 9.26 Å². The average Bonchev–Trinajstić information content (AvgIpc) is 2.75. The van der Waals surface area contributed by atoms with Crippen LogP contribution in [-0.4, -0.2) is 23.9 Å². The minimum absolute atomic E-state index is 0.0641. The van der Waals surface area contributed by atoms with Crippen molar-refractivity contribution in [3.05, 3.63) is 11.2 Å². The van der Waals surface area contributed by atoms with Crippen LogP contribution in [0.15, 0.2) is 4.52 Å². The Morgan fingerprint density at radius 1 is 1.50 bits per heavy atom. The standard InChI is InChI=1S/C9H13ClN2O2/c1-13-6-9(4-2-3-5-9)7-11-8(10)14-12-7/h2-6H2,1H3. The summed E-state index contributed by atoms with van der Waals surface area (Å²) in [5.41, 5.74) is -0.0641. The molecule has 0 aromatic carbocycles. The largest absolute Gasteiger partial charge is 0.384 e. The van der Waals surface area contributed by atoms with Crippen molar-refractivity contribution in [3.63, 3.8) is 0 Å². The third kappa shape index (κ3) is 1.64. The zero-order chi connectivity index (χ0) is 10.0. The van der Waals surface area contributed by atoms with E-state index in [-0.39, 0.29) is 10.8 Å². The van der Waals surface area contributed by atoms with Crippen LogP contribution in [0.4, 0.5) is 0 Å². The summed E-state index contributed by atoms with van der Waals surface area (Å²) >= 11 is 5.62. The van der Waals surface area contributed by atoms with Crippen molar-refractivity contribution in [2.24, 2.45) is 0 Å². The van der Waals surface area contributed by atoms with Crippen molar-refractivity contribution in [1.29, 1.82) is 0 Å². The first-order valence-corrected chi connectivity index (χ1v) is 5.13. The van der Waals surface area contributed by atoms with E-state index in [2.05, 4.69) is 10.1 Å². The van der Waals surface area contributed by atoms with Crippen molar-refractivity contribution in [2.75, 3.05) is 13.7 Å². The normalized spacial score (nSPS) is 20.1. The molecule has 1 heterocycles. The minimum Gasteiger partial charge on any atom is -0.384 e. The molecule has 1 saturated carbocycles. The molecule has 2 rings (SSSR count). The molecule has 4 nitrogen and oxygen atoms in total. The molecule has 14 heavy (non-hydrogen) atoms. The molecule has 0 bridgehead atoms. The molecular weight excluding hydrogens is 204 g/mol. The van der Waals surface area contributed by atoms with Crippen molar-refractivity contribution in [3.8, 4) is 0 Å². The second kappa shape index (κ2) is 3.87. The molecule has 78 valence electrons. The smallest absolute Gasteiger partial charge is 0.320 e. The van der Waals surface area contributed by atoms with Crippen LogP contribution < -0.4 is 0 Å². The summed E-state index contributed by atoms with van der Waals surface area (Å²) in [7, 11) is 1.70. The monoisotopic (exact) mass is 216 g/mol.